The van der Waals surface area contributed by atoms with E-state index in [2.05, 4.69) is 10.7 Å². The van der Waals surface area contributed by atoms with Crippen molar-refractivity contribution in [3.8, 4) is 0 Å². The zero-order valence-corrected chi connectivity index (χ0v) is 7.31. The summed E-state index contributed by atoms with van der Waals surface area (Å²) in [6, 6.07) is 0.389. The van der Waals surface area contributed by atoms with Crippen molar-refractivity contribution in [3.05, 3.63) is 0 Å². The summed E-state index contributed by atoms with van der Waals surface area (Å²) in [5.41, 5.74) is 2.35. The van der Waals surface area contributed by atoms with E-state index in [0.717, 1.165) is 12.8 Å². The molecule has 4 heteroatoms. The van der Waals surface area contributed by atoms with Crippen LogP contribution in [0, 0.1) is 0 Å². The highest BCUT2D eigenvalue weighted by Crippen LogP contribution is 2.16. The predicted octanol–water partition coefficient (Wildman–Crippen LogP) is -0.101. The molecule has 4 N–H and O–H groups in total. The molecule has 0 spiro atoms. The van der Waals surface area contributed by atoms with Gasteiger partial charge in [0.1, 0.15) is 0 Å². The third kappa shape index (κ3) is 3.19. The molecule has 0 heterocycles. The van der Waals surface area contributed by atoms with E-state index in [4.69, 9.17) is 5.84 Å². The van der Waals surface area contributed by atoms with E-state index in [-0.39, 0.29) is 12.5 Å². The summed E-state index contributed by atoms with van der Waals surface area (Å²) in [7, 11) is 0. The van der Waals surface area contributed by atoms with Crippen LogP contribution in [0.1, 0.15) is 32.1 Å². The lowest BCUT2D eigenvalue weighted by Crippen LogP contribution is -2.42. The molecule has 0 unspecified atom stereocenters. The maximum absolute atomic E-state index is 11.1. The van der Waals surface area contributed by atoms with Crippen LogP contribution in [-0.2, 0) is 4.79 Å². The largest absolute Gasteiger partial charge is 0.352 e. The second kappa shape index (κ2) is 5.11. The highest BCUT2D eigenvalue weighted by Gasteiger charge is 2.14. The van der Waals surface area contributed by atoms with E-state index in [1.807, 2.05) is 0 Å². The highest BCUT2D eigenvalue weighted by atomic mass is 16.2. The highest BCUT2D eigenvalue weighted by molar-refractivity contribution is 5.78. The first-order valence-electron chi connectivity index (χ1n) is 4.56. The van der Waals surface area contributed by atoms with E-state index in [9.17, 15) is 4.79 Å². The molecule has 1 rings (SSSR count). The number of carbonyl (C=O) groups excluding carboxylic acids is 1. The lowest BCUT2D eigenvalue weighted by molar-refractivity contribution is -0.121. The first-order chi connectivity index (χ1) is 5.83. The number of hydrazine groups is 1. The smallest absolute Gasteiger partial charge is 0.235 e. The van der Waals surface area contributed by atoms with Gasteiger partial charge in [0.15, 0.2) is 0 Å². The Labute approximate surface area is 72.9 Å². The average molecular weight is 171 g/mol. The molecule has 0 aromatic heterocycles. The van der Waals surface area contributed by atoms with Crippen LogP contribution in [-0.4, -0.2) is 18.5 Å². The van der Waals surface area contributed by atoms with Gasteiger partial charge in [0.25, 0.3) is 0 Å². The minimum atomic E-state index is 0.00407. The van der Waals surface area contributed by atoms with Gasteiger partial charge in [-0.1, -0.05) is 19.3 Å². The second-order valence-electron chi connectivity index (χ2n) is 3.28. The standard InChI is InChI=1S/C8H17N3O/c9-10-6-8(12)11-7-4-2-1-3-5-7/h7,10H,1-6,9H2,(H,11,12). The van der Waals surface area contributed by atoms with Gasteiger partial charge in [0.05, 0.1) is 6.54 Å². The third-order valence-electron chi connectivity index (χ3n) is 2.23. The van der Waals surface area contributed by atoms with Crippen LogP contribution in [0.2, 0.25) is 0 Å². The zero-order chi connectivity index (χ0) is 8.81. The maximum Gasteiger partial charge on any atom is 0.235 e. The Balaban J connectivity index is 2.15. The number of hydrogen-bond donors (Lipinski definition) is 3. The third-order valence-corrected chi connectivity index (χ3v) is 2.23. The maximum atomic E-state index is 11.1. The SMILES string of the molecule is NNCC(=O)NC1CCCCC1. The lowest BCUT2D eigenvalue weighted by Gasteiger charge is -2.22. The number of amides is 1. The van der Waals surface area contributed by atoms with Crippen molar-refractivity contribution in [2.75, 3.05) is 6.54 Å². The molecule has 0 bridgehead atoms. The summed E-state index contributed by atoms with van der Waals surface area (Å²) >= 11 is 0. The average Bonchev–Trinajstić information content (AvgIpc) is 2.06. The molecule has 1 saturated carbocycles. The van der Waals surface area contributed by atoms with E-state index < -0.39 is 0 Å². The van der Waals surface area contributed by atoms with E-state index in [1.165, 1.54) is 19.3 Å². The van der Waals surface area contributed by atoms with Crippen LogP contribution in [0.15, 0.2) is 0 Å². The van der Waals surface area contributed by atoms with Gasteiger partial charge in [-0.25, -0.2) is 0 Å². The number of rotatable bonds is 3. The van der Waals surface area contributed by atoms with Crippen LogP contribution >= 0.6 is 0 Å². The van der Waals surface area contributed by atoms with E-state index in [0.29, 0.717) is 6.04 Å². The molecule has 0 aliphatic heterocycles. The van der Waals surface area contributed by atoms with Crippen LogP contribution in [0.5, 0.6) is 0 Å². The van der Waals surface area contributed by atoms with Gasteiger partial charge in [0.2, 0.25) is 5.91 Å². The molecule has 12 heavy (non-hydrogen) atoms. The molecule has 0 aromatic carbocycles. The van der Waals surface area contributed by atoms with Crippen molar-refractivity contribution in [1.29, 1.82) is 0 Å². The summed E-state index contributed by atoms with van der Waals surface area (Å²) in [4.78, 5) is 11.1. The minimum absolute atomic E-state index is 0.00407. The van der Waals surface area contributed by atoms with E-state index >= 15 is 0 Å². The molecule has 70 valence electrons. The fourth-order valence-electron chi connectivity index (χ4n) is 1.62. The second-order valence-corrected chi connectivity index (χ2v) is 3.28. The van der Waals surface area contributed by atoms with Crippen molar-refractivity contribution in [2.24, 2.45) is 5.84 Å². The van der Waals surface area contributed by atoms with Crippen molar-refractivity contribution in [2.45, 2.75) is 38.1 Å². The molecule has 0 aromatic rings. The molecular formula is C8H17N3O. The van der Waals surface area contributed by atoms with Crippen LogP contribution < -0.4 is 16.6 Å². The summed E-state index contributed by atoms with van der Waals surface area (Å²) < 4.78 is 0. The molecule has 4 nitrogen and oxygen atoms in total. The van der Waals surface area contributed by atoms with Crippen molar-refractivity contribution in [3.63, 3.8) is 0 Å². The Bertz CT molecular complexity index is 143. The molecular weight excluding hydrogens is 154 g/mol. The fourth-order valence-corrected chi connectivity index (χ4v) is 1.62. The minimum Gasteiger partial charge on any atom is -0.352 e. The van der Waals surface area contributed by atoms with Gasteiger partial charge in [-0.2, -0.15) is 0 Å². The normalized spacial score (nSPS) is 19.1. The first kappa shape index (κ1) is 9.48. The van der Waals surface area contributed by atoms with Gasteiger partial charge in [-0.15, -0.1) is 0 Å². The molecule has 0 saturated heterocycles. The molecule has 1 amide bonds. The monoisotopic (exact) mass is 171 g/mol. The Morgan fingerprint density at radius 1 is 1.33 bits per heavy atom. The summed E-state index contributed by atoms with van der Waals surface area (Å²) in [6.07, 6.45) is 6.02. The summed E-state index contributed by atoms with van der Waals surface area (Å²) in [5, 5.41) is 2.94. The van der Waals surface area contributed by atoms with Crippen molar-refractivity contribution in [1.82, 2.24) is 10.7 Å². The number of hydrogen-bond acceptors (Lipinski definition) is 3. The van der Waals surface area contributed by atoms with Gasteiger partial charge in [-0.05, 0) is 12.8 Å². The molecule has 0 atom stereocenters. The number of carbonyl (C=O) groups is 1. The van der Waals surface area contributed by atoms with E-state index in [1.54, 1.807) is 0 Å². The fraction of sp³-hybridized carbons (Fsp3) is 0.875. The van der Waals surface area contributed by atoms with Gasteiger partial charge >= 0.3 is 0 Å². The lowest BCUT2D eigenvalue weighted by atomic mass is 9.95. The quantitative estimate of drug-likeness (QED) is 0.410. The van der Waals surface area contributed by atoms with Crippen LogP contribution in [0.3, 0.4) is 0 Å². The van der Waals surface area contributed by atoms with Gasteiger partial charge < -0.3 is 5.32 Å². The Kier molecular flexibility index (Phi) is 4.04. The Morgan fingerprint density at radius 3 is 2.58 bits per heavy atom. The zero-order valence-electron chi connectivity index (χ0n) is 7.31. The first-order valence-corrected chi connectivity index (χ1v) is 4.56. The van der Waals surface area contributed by atoms with Crippen molar-refractivity contribution >= 4 is 5.91 Å². The Hall–Kier alpha value is -0.610. The molecule has 1 aliphatic rings. The molecule has 1 aliphatic carbocycles. The number of nitrogens with one attached hydrogen (secondary N) is 2. The Morgan fingerprint density at radius 2 is 2.00 bits per heavy atom. The topological polar surface area (TPSA) is 67.1 Å². The molecule has 1 fully saturated rings. The van der Waals surface area contributed by atoms with Crippen molar-refractivity contribution < 1.29 is 4.79 Å². The summed E-state index contributed by atoms with van der Waals surface area (Å²) in [5.74, 6) is 5.03. The summed E-state index contributed by atoms with van der Waals surface area (Å²) in [6.45, 7) is 0.219. The van der Waals surface area contributed by atoms with Crippen LogP contribution in [0.4, 0.5) is 0 Å². The predicted molar refractivity (Wildman–Crippen MR) is 47.2 cm³/mol. The van der Waals surface area contributed by atoms with Crippen LogP contribution in [0.25, 0.3) is 0 Å². The molecule has 0 radical (unpaired) electrons. The number of nitrogens with two attached hydrogens (primary N) is 1. The van der Waals surface area contributed by atoms with Gasteiger partial charge in [0, 0.05) is 6.04 Å². The van der Waals surface area contributed by atoms with Gasteiger partial charge in [-0.3, -0.25) is 16.1 Å².